The fraction of sp³-hybridized carbons (Fsp3) is 0.133. The number of nitrogens with one attached hydrogen (secondary N) is 2. The Hall–Kier alpha value is -2.01. The average Bonchev–Trinajstić information content (AvgIpc) is 2.47. The first-order valence-corrected chi connectivity index (χ1v) is 6.98. The zero-order chi connectivity index (χ0) is 14.1. The third kappa shape index (κ3) is 2.25. The molecular weight excluding hydrogens is 320 g/mol. The van der Waals surface area contributed by atoms with Crippen LogP contribution in [0, 0.1) is 0 Å². The van der Waals surface area contributed by atoms with Crippen LogP contribution in [0.15, 0.2) is 46.9 Å². The van der Waals surface area contributed by atoms with Crippen LogP contribution < -0.4 is 15.4 Å². The predicted octanol–water partition coefficient (Wildman–Crippen LogP) is 3.31. The van der Waals surface area contributed by atoms with Crippen molar-refractivity contribution in [3.05, 3.63) is 58.1 Å². The van der Waals surface area contributed by atoms with Gasteiger partial charge in [0.15, 0.2) is 0 Å². The minimum absolute atomic E-state index is 0.0913. The Balaban J connectivity index is 2.02. The van der Waals surface area contributed by atoms with Gasteiger partial charge in [0.2, 0.25) is 0 Å². The van der Waals surface area contributed by atoms with Gasteiger partial charge in [-0.2, -0.15) is 0 Å². The Morgan fingerprint density at radius 3 is 2.75 bits per heavy atom. The molecule has 0 saturated carbocycles. The quantitative estimate of drug-likeness (QED) is 0.887. The normalized spacial score (nSPS) is 16.9. The minimum Gasteiger partial charge on any atom is -0.496 e. The van der Waals surface area contributed by atoms with Gasteiger partial charge in [0, 0.05) is 15.7 Å². The molecule has 0 saturated heterocycles. The van der Waals surface area contributed by atoms with Gasteiger partial charge in [-0.1, -0.05) is 28.1 Å². The van der Waals surface area contributed by atoms with E-state index in [-0.39, 0.29) is 12.1 Å². The number of benzene rings is 2. The van der Waals surface area contributed by atoms with Crippen molar-refractivity contribution in [2.75, 3.05) is 12.4 Å². The lowest BCUT2D eigenvalue weighted by molar-refractivity contribution is 0.0935. The summed E-state index contributed by atoms with van der Waals surface area (Å²) >= 11 is 3.44. The first-order valence-electron chi connectivity index (χ1n) is 6.19. The number of ether oxygens (including phenoxy) is 1. The van der Waals surface area contributed by atoms with E-state index < -0.39 is 0 Å². The number of methoxy groups -OCH3 is 1. The van der Waals surface area contributed by atoms with Crippen LogP contribution in [-0.2, 0) is 0 Å². The largest absolute Gasteiger partial charge is 0.496 e. The summed E-state index contributed by atoms with van der Waals surface area (Å²) in [6.45, 7) is 0. The number of hydrogen-bond acceptors (Lipinski definition) is 3. The fourth-order valence-electron chi connectivity index (χ4n) is 2.29. The lowest BCUT2D eigenvalue weighted by Crippen LogP contribution is -2.38. The van der Waals surface area contributed by atoms with Crippen LogP contribution in [0.4, 0.5) is 5.69 Å². The van der Waals surface area contributed by atoms with Crippen molar-refractivity contribution in [2.24, 2.45) is 0 Å². The molecule has 0 radical (unpaired) electrons. The smallest absolute Gasteiger partial charge is 0.255 e. The number of carbonyl (C=O) groups is 1. The van der Waals surface area contributed by atoms with Crippen LogP contribution in [0.2, 0.25) is 0 Å². The van der Waals surface area contributed by atoms with E-state index in [9.17, 15) is 4.79 Å². The molecule has 5 heteroatoms. The molecule has 2 aromatic carbocycles. The number of anilines is 1. The highest BCUT2D eigenvalue weighted by Crippen LogP contribution is 2.32. The topological polar surface area (TPSA) is 50.4 Å². The van der Waals surface area contributed by atoms with Crippen molar-refractivity contribution in [1.82, 2.24) is 5.32 Å². The molecule has 20 heavy (non-hydrogen) atoms. The molecule has 2 N–H and O–H groups in total. The number of para-hydroxylation sites is 1. The highest BCUT2D eigenvalue weighted by atomic mass is 79.9. The molecule has 0 aliphatic carbocycles. The molecular formula is C15H13BrN2O2. The van der Waals surface area contributed by atoms with E-state index in [1.54, 1.807) is 13.2 Å². The first-order chi connectivity index (χ1) is 9.69. The maximum Gasteiger partial charge on any atom is 0.255 e. The van der Waals surface area contributed by atoms with Crippen LogP contribution in [0.5, 0.6) is 5.75 Å². The Kier molecular flexibility index (Phi) is 3.36. The molecule has 1 aliphatic heterocycles. The van der Waals surface area contributed by atoms with Gasteiger partial charge in [-0.15, -0.1) is 0 Å². The van der Waals surface area contributed by atoms with Crippen molar-refractivity contribution in [1.29, 1.82) is 0 Å². The van der Waals surface area contributed by atoms with Crippen molar-refractivity contribution in [3.8, 4) is 5.75 Å². The summed E-state index contributed by atoms with van der Waals surface area (Å²) in [5, 5.41) is 6.25. The van der Waals surface area contributed by atoms with Gasteiger partial charge in [0.05, 0.1) is 12.7 Å². The number of fused-ring (bicyclic) bond motifs is 1. The molecule has 4 nitrogen and oxygen atoms in total. The van der Waals surface area contributed by atoms with Crippen LogP contribution >= 0.6 is 15.9 Å². The van der Waals surface area contributed by atoms with E-state index in [0.29, 0.717) is 5.56 Å². The standard InChI is InChI=1S/C15H13BrN2O2/c1-20-13-7-6-9(16)8-11(13)14-17-12-5-3-2-4-10(12)15(19)18-14/h2-8,14,17H,1H3,(H,18,19)/t14-/m0/s1. The third-order valence-electron chi connectivity index (χ3n) is 3.25. The second-order valence-corrected chi connectivity index (χ2v) is 5.40. The van der Waals surface area contributed by atoms with Crippen LogP contribution in [0.1, 0.15) is 22.1 Å². The molecule has 0 unspecified atom stereocenters. The van der Waals surface area contributed by atoms with Gasteiger partial charge in [0.25, 0.3) is 5.91 Å². The Bertz CT molecular complexity index is 673. The second kappa shape index (κ2) is 5.17. The molecule has 0 fully saturated rings. The zero-order valence-electron chi connectivity index (χ0n) is 10.8. The molecule has 1 amide bonds. The molecule has 1 aliphatic rings. The molecule has 0 bridgehead atoms. The van der Waals surface area contributed by atoms with E-state index in [4.69, 9.17) is 4.74 Å². The number of rotatable bonds is 2. The van der Waals surface area contributed by atoms with Gasteiger partial charge >= 0.3 is 0 Å². The first kappa shape index (κ1) is 13.0. The summed E-state index contributed by atoms with van der Waals surface area (Å²) < 4.78 is 6.30. The monoisotopic (exact) mass is 332 g/mol. The molecule has 102 valence electrons. The lowest BCUT2D eigenvalue weighted by atomic mass is 10.1. The lowest BCUT2D eigenvalue weighted by Gasteiger charge is -2.29. The van der Waals surface area contributed by atoms with Gasteiger partial charge in [-0.05, 0) is 30.3 Å². The molecule has 0 spiro atoms. The van der Waals surface area contributed by atoms with Gasteiger partial charge in [-0.25, -0.2) is 0 Å². The van der Waals surface area contributed by atoms with Crippen LogP contribution in [0.3, 0.4) is 0 Å². The number of amides is 1. The molecule has 2 aromatic rings. The summed E-state index contributed by atoms with van der Waals surface area (Å²) in [5.41, 5.74) is 2.35. The molecule has 3 rings (SSSR count). The Labute approximate surface area is 125 Å². The van der Waals surface area contributed by atoms with E-state index >= 15 is 0 Å². The van der Waals surface area contributed by atoms with Gasteiger partial charge in [-0.3, -0.25) is 4.79 Å². The minimum atomic E-state index is -0.315. The number of halogens is 1. The summed E-state index contributed by atoms with van der Waals surface area (Å²) in [5.74, 6) is 0.636. The molecule has 0 aromatic heterocycles. The maximum atomic E-state index is 12.2. The van der Waals surface area contributed by atoms with Crippen molar-refractivity contribution in [2.45, 2.75) is 6.17 Å². The van der Waals surface area contributed by atoms with E-state index in [2.05, 4.69) is 26.6 Å². The SMILES string of the molecule is COc1ccc(Br)cc1[C@@H]1NC(=O)c2ccccc2N1. The Morgan fingerprint density at radius 2 is 1.95 bits per heavy atom. The molecule has 1 heterocycles. The maximum absolute atomic E-state index is 12.2. The Morgan fingerprint density at radius 1 is 1.15 bits per heavy atom. The average molecular weight is 333 g/mol. The van der Waals surface area contributed by atoms with Crippen LogP contribution in [-0.4, -0.2) is 13.0 Å². The third-order valence-corrected chi connectivity index (χ3v) is 3.74. The summed E-state index contributed by atoms with van der Waals surface area (Å²) in [6, 6.07) is 13.1. The number of hydrogen-bond donors (Lipinski definition) is 2. The second-order valence-electron chi connectivity index (χ2n) is 4.48. The summed E-state index contributed by atoms with van der Waals surface area (Å²) in [6.07, 6.45) is -0.315. The van der Waals surface area contributed by atoms with Crippen molar-refractivity contribution < 1.29 is 9.53 Å². The van der Waals surface area contributed by atoms with E-state index in [1.165, 1.54) is 0 Å². The van der Waals surface area contributed by atoms with Crippen molar-refractivity contribution in [3.63, 3.8) is 0 Å². The van der Waals surface area contributed by atoms with Crippen LogP contribution in [0.25, 0.3) is 0 Å². The van der Waals surface area contributed by atoms with Gasteiger partial charge < -0.3 is 15.4 Å². The highest BCUT2D eigenvalue weighted by Gasteiger charge is 2.26. The van der Waals surface area contributed by atoms with Crippen molar-refractivity contribution >= 4 is 27.5 Å². The fourth-order valence-corrected chi connectivity index (χ4v) is 2.67. The summed E-state index contributed by atoms with van der Waals surface area (Å²) in [4.78, 5) is 12.2. The van der Waals surface area contributed by atoms with E-state index in [1.807, 2.05) is 36.4 Å². The zero-order valence-corrected chi connectivity index (χ0v) is 12.4. The van der Waals surface area contributed by atoms with Gasteiger partial charge in [0.1, 0.15) is 11.9 Å². The van der Waals surface area contributed by atoms with E-state index in [0.717, 1.165) is 21.5 Å². The molecule has 1 atom stereocenters. The predicted molar refractivity (Wildman–Crippen MR) is 81.0 cm³/mol. The highest BCUT2D eigenvalue weighted by molar-refractivity contribution is 9.10. The number of carbonyl (C=O) groups excluding carboxylic acids is 1. The summed E-state index contributed by atoms with van der Waals surface area (Å²) in [7, 11) is 1.62.